The van der Waals surface area contributed by atoms with Crippen molar-refractivity contribution in [2.45, 2.75) is 12.8 Å². The first kappa shape index (κ1) is 15.4. The Kier molecular flexibility index (Phi) is 4.17. The van der Waals surface area contributed by atoms with Gasteiger partial charge in [-0.15, -0.1) is 0 Å². The van der Waals surface area contributed by atoms with Crippen molar-refractivity contribution in [3.05, 3.63) is 84.7 Å². The molecule has 1 atom stereocenters. The molecule has 2 heterocycles. The number of nitrogens with zero attached hydrogens (tertiary/aromatic N) is 3. The van der Waals surface area contributed by atoms with Gasteiger partial charge in [-0.1, -0.05) is 49.4 Å². The van der Waals surface area contributed by atoms with E-state index in [0.29, 0.717) is 5.92 Å². The Balaban J connectivity index is 1.55. The third-order valence-electron chi connectivity index (χ3n) is 4.43. The highest BCUT2D eigenvalue weighted by Gasteiger charge is 2.07. The Morgan fingerprint density at radius 3 is 2.72 bits per heavy atom. The van der Waals surface area contributed by atoms with Crippen molar-refractivity contribution in [1.82, 2.24) is 14.6 Å². The number of benzene rings is 2. The first-order valence-electron chi connectivity index (χ1n) is 8.49. The van der Waals surface area contributed by atoms with Gasteiger partial charge in [-0.25, -0.2) is 9.50 Å². The van der Waals surface area contributed by atoms with Gasteiger partial charge in [-0.05, 0) is 29.7 Å². The second-order valence-electron chi connectivity index (χ2n) is 6.20. The van der Waals surface area contributed by atoms with Crippen molar-refractivity contribution in [3.8, 4) is 11.3 Å². The van der Waals surface area contributed by atoms with Gasteiger partial charge in [0.25, 0.3) is 0 Å². The summed E-state index contributed by atoms with van der Waals surface area (Å²) in [6.45, 7) is 3.13. The predicted octanol–water partition coefficient (Wildman–Crippen LogP) is 4.61. The van der Waals surface area contributed by atoms with Crippen LogP contribution in [0.15, 0.2) is 79.1 Å². The Hall–Kier alpha value is -3.14. The molecule has 2 aromatic carbocycles. The van der Waals surface area contributed by atoms with Crippen molar-refractivity contribution in [1.29, 1.82) is 0 Å². The Morgan fingerprint density at radius 1 is 0.960 bits per heavy atom. The third-order valence-corrected chi connectivity index (χ3v) is 4.43. The summed E-state index contributed by atoms with van der Waals surface area (Å²) in [4.78, 5) is 4.33. The molecule has 0 bridgehead atoms. The molecule has 0 aliphatic rings. The van der Waals surface area contributed by atoms with Crippen LogP contribution < -0.4 is 5.32 Å². The Labute approximate surface area is 147 Å². The van der Waals surface area contributed by atoms with E-state index in [1.165, 1.54) is 5.56 Å². The molecule has 25 heavy (non-hydrogen) atoms. The zero-order chi connectivity index (χ0) is 17.1. The number of anilines is 1. The third kappa shape index (κ3) is 3.24. The molecule has 0 amide bonds. The number of rotatable bonds is 5. The van der Waals surface area contributed by atoms with E-state index >= 15 is 0 Å². The normalized spacial score (nSPS) is 12.2. The maximum absolute atomic E-state index is 4.37. The number of hydrogen-bond acceptors (Lipinski definition) is 3. The molecular formula is C21H20N4. The van der Waals surface area contributed by atoms with Gasteiger partial charge in [-0.2, -0.15) is 5.10 Å². The molecular weight excluding hydrogens is 308 g/mol. The summed E-state index contributed by atoms with van der Waals surface area (Å²) in [5.41, 5.74) is 5.47. The highest BCUT2D eigenvalue weighted by Crippen LogP contribution is 2.23. The van der Waals surface area contributed by atoms with E-state index < -0.39 is 0 Å². The topological polar surface area (TPSA) is 42.2 Å². The highest BCUT2D eigenvalue weighted by molar-refractivity contribution is 5.67. The van der Waals surface area contributed by atoms with Gasteiger partial charge in [0.2, 0.25) is 0 Å². The van der Waals surface area contributed by atoms with Crippen LogP contribution in [0.1, 0.15) is 18.4 Å². The minimum absolute atomic E-state index is 0.448. The SMILES string of the molecule is CC(CNc1cccc(-c2ccnc3ccnn23)c1)c1ccccc1. The van der Waals surface area contributed by atoms with Gasteiger partial charge in [-0.3, -0.25) is 0 Å². The predicted molar refractivity (Wildman–Crippen MR) is 102 cm³/mol. The summed E-state index contributed by atoms with van der Waals surface area (Å²) in [7, 11) is 0. The smallest absolute Gasteiger partial charge is 0.155 e. The van der Waals surface area contributed by atoms with E-state index in [0.717, 1.165) is 29.1 Å². The lowest BCUT2D eigenvalue weighted by atomic mass is 10.0. The second kappa shape index (κ2) is 6.77. The quantitative estimate of drug-likeness (QED) is 0.581. The van der Waals surface area contributed by atoms with Crippen LogP contribution in [0.2, 0.25) is 0 Å². The lowest BCUT2D eigenvalue weighted by molar-refractivity contribution is 0.805. The molecule has 0 saturated carbocycles. The fourth-order valence-electron chi connectivity index (χ4n) is 3.01. The van der Waals surface area contributed by atoms with E-state index in [1.807, 2.05) is 22.8 Å². The average Bonchev–Trinajstić information content (AvgIpc) is 3.16. The van der Waals surface area contributed by atoms with Crippen molar-refractivity contribution < 1.29 is 0 Å². The molecule has 0 spiro atoms. The van der Waals surface area contributed by atoms with Gasteiger partial charge in [0.1, 0.15) is 0 Å². The minimum Gasteiger partial charge on any atom is -0.384 e. The van der Waals surface area contributed by atoms with E-state index in [-0.39, 0.29) is 0 Å². The van der Waals surface area contributed by atoms with Crippen molar-refractivity contribution in [2.75, 3.05) is 11.9 Å². The average molecular weight is 328 g/mol. The molecule has 1 unspecified atom stereocenters. The van der Waals surface area contributed by atoms with E-state index in [1.54, 1.807) is 6.20 Å². The monoisotopic (exact) mass is 328 g/mol. The fourth-order valence-corrected chi connectivity index (χ4v) is 3.01. The van der Waals surface area contributed by atoms with Crippen LogP contribution in [0.5, 0.6) is 0 Å². The molecule has 1 N–H and O–H groups in total. The lowest BCUT2D eigenvalue weighted by Gasteiger charge is -2.15. The molecule has 0 fully saturated rings. The second-order valence-corrected chi connectivity index (χ2v) is 6.20. The summed E-state index contributed by atoms with van der Waals surface area (Å²) in [5, 5.41) is 7.92. The van der Waals surface area contributed by atoms with Gasteiger partial charge in [0, 0.05) is 30.1 Å². The summed E-state index contributed by atoms with van der Waals surface area (Å²) < 4.78 is 1.87. The molecule has 4 heteroatoms. The molecule has 4 nitrogen and oxygen atoms in total. The first-order chi connectivity index (χ1) is 12.3. The largest absolute Gasteiger partial charge is 0.384 e. The van der Waals surface area contributed by atoms with Crippen LogP contribution in [0, 0.1) is 0 Å². The van der Waals surface area contributed by atoms with Gasteiger partial charge >= 0.3 is 0 Å². The molecule has 0 aliphatic carbocycles. The molecule has 124 valence electrons. The lowest BCUT2D eigenvalue weighted by Crippen LogP contribution is -2.09. The summed E-state index contributed by atoms with van der Waals surface area (Å²) >= 11 is 0. The van der Waals surface area contributed by atoms with Crippen LogP contribution >= 0.6 is 0 Å². The van der Waals surface area contributed by atoms with Crippen LogP contribution in [-0.4, -0.2) is 21.1 Å². The fraction of sp³-hybridized carbons (Fsp3) is 0.143. The van der Waals surface area contributed by atoms with Crippen LogP contribution in [-0.2, 0) is 0 Å². The van der Waals surface area contributed by atoms with Gasteiger partial charge in [0.15, 0.2) is 5.65 Å². The van der Waals surface area contributed by atoms with Gasteiger partial charge in [0.05, 0.1) is 11.9 Å². The molecule has 0 radical (unpaired) electrons. The molecule has 4 rings (SSSR count). The summed E-state index contributed by atoms with van der Waals surface area (Å²) in [6, 6.07) is 22.9. The van der Waals surface area contributed by atoms with Crippen molar-refractivity contribution >= 4 is 11.3 Å². The van der Waals surface area contributed by atoms with Gasteiger partial charge < -0.3 is 5.32 Å². The Morgan fingerprint density at radius 2 is 1.84 bits per heavy atom. The van der Waals surface area contributed by atoms with E-state index in [9.17, 15) is 0 Å². The Bertz CT molecular complexity index is 975. The van der Waals surface area contributed by atoms with Crippen LogP contribution in [0.3, 0.4) is 0 Å². The zero-order valence-electron chi connectivity index (χ0n) is 14.1. The highest BCUT2D eigenvalue weighted by atomic mass is 15.2. The summed E-state index contributed by atoms with van der Waals surface area (Å²) in [6.07, 6.45) is 3.60. The van der Waals surface area contributed by atoms with Crippen molar-refractivity contribution in [2.24, 2.45) is 0 Å². The van der Waals surface area contributed by atoms with Crippen LogP contribution in [0.25, 0.3) is 16.9 Å². The minimum atomic E-state index is 0.448. The molecule has 0 saturated heterocycles. The first-order valence-corrected chi connectivity index (χ1v) is 8.49. The summed E-state index contributed by atoms with van der Waals surface area (Å²) in [5.74, 6) is 0.448. The number of aromatic nitrogens is 3. The number of fused-ring (bicyclic) bond motifs is 1. The van der Waals surface area contributed by atoms with Crippen LogP contribution in [0.4, 0.5) is 5.69 Å². The molecule has 4 aromatic rings. The molecule has 2 aromatic heterocycles. The number of nitrogens with one attached hydrogen (secondary N) is 1. The standard InChI is InChI=1S/C21H20N4/c1-16(17-6-3-2-4-7-17)15-23-19-9-5-8-18(14-19)20-10-12-22-21-11-13-24-25(20)21/h2-14,16,23H,15H2,1H3. The van der Waals surface area contributed by atoms with E-state index in [2.05, 4.69) is 76.9 Å². The molecule has 0 aliphatic heterocycles. The maximum Gasteiger partial charge on any atom is 0.155 e. The maximum atomic E-state index is 4.37. The van der Waals surface area contributed by atoms with E-state index in [4.69, 9.17) is 0 Å². The zero-order valence-corrected chi connectivity index (χ0v) is 14.1. The van der Waals surface area contributed by atoms with Crippen molar-refractivity contribution in [3.63, 3.8) is 0 Å². The number of hydrogen-bond donors (Lipinski definition) is 1.